The lowest BCUT2D eigenvalue weighted by molar-refractivity contribution is 0.599. The molecule has 110 valence electrons. The fourth-order valence-corrected chi connectivity index (χ4v) is 2.82. The summed E-state index contributed by atoms with van der Waals surface area (Å²) in [6, 6.07) is 16.8. The van der Waals surface area contributed by atoms with Crippen LogP contribution in [0.2, 0.25) is 0 Å². The van der Waals surface area contributed by atoms with E-state index in [1.165, 1.54) is 11.1 Å². The lowest BCUT2D eigenvalue weighted by Gasteiger charge is -2.07. The molecule has 3 rings (SSSR count). The lowest BCUT2D eigenvalue weighted by atomic mass is 9.98. The maximum atomic E-state index is 6.11. The van der Waals surface area contributed by atoms with Gasteiger partial charge in [-0.25, -0.2) is 0 Å². The Morgan fingerprint density at radius 3 is 2.45 bits per heavy atom. The molecule has 0 aliphatic carbocycles. The summed E-state index contributed by atoms with van der Waals surface area (Å²) in [7, 11) is 0. The minimum absolute atomic E-state index is 0.892. The molecule has 0 spiro atoms. The van der Waals surface area contributed by atoms with Crippen molar-refractivity contribution in [3.05, 3.63) is 83.6 Å². The topological polar surface area (TPSA) is 13.1 Å². The van der Waals surface area contributed by atoms with Crippen LogP contribution in [0.5, 0.6) is 0 Å². The molecule has 2 aromatic carbocycles. The van der Waals surface area contributed by atoms with Gasteiger partial charge in [0.1, 0.15) is 11.3 Å². The second-order valence-electron chi connectivity index (χ2n) is 5.30. The molecular formula is C21H20O. The molecule has 1 heteroatoms. The highest BCUT2D eigenvalue weighted by molar-refractivity contribution is 5.95. The number of furan rings is 1. The number of benzene rings is 2. The van der Waals surface area contributed by atoms with Crippen LogP contribution in [-0.2, 0) is 6.42 Å². The van der Waals surface area contributed by atoms with Crippen LogP contribution in [0.4, 0.5) is 0 Å². The van der Waals surface area contributed by atoms with Crippen LogP contribution < -0.4 is 0 Å². The highest BCUT2D eigenvalue weighted by Gasteiger charge is 2.16. The first kappa shape index (κ1) is 14.4. The van der Waals surface area contributed by atoms with Gasteiger partial charge in [-0.1, -0.05) is 68.1 Å². The molecule has 0 unspecified atom stereocenters. The third-order valence-corrected chi connectivity index (χ3v) is 4.04. The van der Waals surface area contributed by atoms with Gasteiger partial charge in [0.25, 0.3) is 0 Å². The van der Waals surface area contributed by atoms with Crippen molar-refractivity contribution in [2.24, 2.45) is 0 Å². The summed E-state index contributed by atoms with van der Waals surface area (Å²) in [6.45, 7) is 8.18. The molecule has 0 atom stereocenters. The van der Waals surface area contributed by atoms with Crippen LogP contribution in [0.25, 0.3) is 22.6 Å². The van der Waals surface area contributed by atoms with Gasteiger partial charge in [-0.15, -0.1) is 0 Å². The number of hydrogen-bond acceptors (Lipinski definition) is 1. The van der Waals surface area contributed by atoms with E-state index in [1.807, 2.05) is 31.2 Å². The summed E-state index contributed by atoms with van der Waals surface area (Å²) in [4.78, 5) is 0. The molecule has 3 aromatic rings. The van der Waals surface area contributed by atoms with Gasteiger partial charge in [0.15, 0.2) is 0 Å². The molecule has 0 amide bonds. The van der Waals surface area contributed by atoms with E-state index in [-0.39, 0.29) is 0 Å². The zero-order chi connectivity index (χ0) is 15.5. The molecule has 0 saturated heterocycles. The first-order chi connectivity index (χ1) is 10.8. The summed E-state index contributed by atoms with van der Waals surface area (Å²) in [6.07, 6.45) is 5.03. The zero-order valence-electron chi connectivity index (χ0n) is 13.1. The van der Waals surface area contributed by atoms with Gasteiger partial charge in [-0.2, -0.15) is 0 Å². The number of allylic oxidation sites excluding steroid dienone is 1. The predicted molar refractivity (Wildman–Crippen MR) is 94.9 cm³/mol. The second kappa shape index (κ2) is 6.07. The van der Waals surface area contributed by atoms with E-state index in [2.05, 4.69) is 49.9 Å². The third kappa shape index (κ3) is 2.39. The smallest absolute Gasteiger partial charge is 0.142 e. The Labute approximate surface area is 131 Å². The van der Waals surface area contributed by atoms with E-state index in [0.717, 1.165) is 34.3 Å². The van der Waals surface area contributed by atoms with Gasteiger partial charge in [-0.3, -0.25) is 0 Å². The maximum Gasteiger partial charge on any atom is 0.142 e. The van der Waals surface area contributed by atoms with E-state index in [9.17, 15) is 0 Å². The van der Waals surface area contributed by atoms with Gasteiger partial charge < -0.3 is 4.42 Å². The van der Waals surface area contributed by atoms with E-state index in [1.54, 1.807) is 0 Å². The Balaban J connectivity index is 2.16. The highest BCUT2D eigenvalue weighted by Crippen LogP contribution is 2.34. The molecule has 0 N–H and O–H groups in total. The molecule has 22 heavy (non-hydrogen) atoms. The standard InChI is InChI=1S/C21H20O/c1-4-15-11-13-16(14-12-15)17(5-2)21-18(6-3)19-9-7-8-10-20(19)22-21/h5-14H,3-4H2,1-2H3/b17-5-. The Morgan fingerprint density at radius 1 is 1.09 bits per heavy atom. The molecule has 1 heterocycles. The monoisotopic (exact) mass is 288 g/mol. The predicted octanol–water partition coefficient (Wildman–Crippen LogP) is 6.09. The van der Waals surface area contributed by atoms with Gasteiger partial charge in [0.2, 0.25) is 0 Å². The summed E-state index contributed by atoms with van der Waals surface area (Å²) in [5, 5.41) is 1.11. The van der Waals surface area contributed by atoms with E-state index >= 15 is 0 Å². The van der Waals surface area contributed by atoms with Gasteiger partial charge >= 0.3 is 0 Å². The third-order valence-electron chi connectivity index (χ3n) is 4.04. The lowest BCUT2D eigenvalue weighted by Crippen LogP contribution is -1.89. The maximum absolute atomic E-state index is 6.11. The average molecular weight is 288 g/mol. The summed E-state index contributed by atoms with van der Waals surface area (Å²) in [5.41, 5.74) is 5.57. The quantitative estimate of drug-likeness (QED) is 0.566. The van der Waals surface area contributed by atoms with Crippen molar-refractivity contribution in [2.45, 2.75) is 20.3 Å². The summed E-state index contributed by atoms with van der Waals surface area (Å²) < 4.78 is 6.11. The van der Waals surface area contributed by atoms with Crippen molar-refractivity contribution in [2.75, 3.05) is 0 Å². The minimum Gasteiger partial charge on any atom is -0.455 e. The normalized spacial score (nSPS) is 11.8. The van der Waals surface area contributed by atoms with Crippen LogP contribution >= 0.6 is 0 Å². The molecule has 1 aromatic heterocycles. The summed E-state index contributed by atoms with van der Waals surface area (Å²) in [5.74, 6) is 0.892. The van der Waals surface area contributed by atoms with Crippen molar-refractivity contribution in [3.63, 3.8) is 0 Å². The van der Waals surface area contributed by atoms with E-state index in [0.29, 0.717) is 0 Å². The molecule has 1 nitrogen and oxygen atoms in total. The molecular weight excluding hydrogens is 268 g/mol. The first-order valence-electron chi connectivity index (χ1n) is 7.68. The van der Waals surface area contributed by atoms with Crippen LogP contribution in [-0.4, -0.2) is 0 Å². The number of rotatable bonds is 4. The van der Waals surface area contributed by atoms with Gasteiger partial charge in [-0.05, 0) is 30.5 Å². The van der Waals surface area contributed by atoms with Gasteiger partial charge in [0, 0.05) is 16.5 Å². The molecule has 0 fully saturated rings. The Morgan fingerprint density at radius 2 is 1.82 bits per heavy atom. The molecule has 0 aliphatic heterocycles. The van der Waals surface area contributed by atoms with Crippen molar-refractivity contribution < 1.29 is 4.42 Å². The highest BCUT2D eigenvalue weighted by atomic mass is 16.3. The second-order valence-corrected chi connectivity index (χ2v) is 5.30. The van der Waals surface area contributed by atoms with Crippen LogP contribution in [0.15, 0.2) is 65.6 Å². The number of para-hydroxylation sites is 1. The van der Waals surface area contributed by atoms with Crippen molar-refractivity contribution >= 4 is 22.6 Å². The van der Waals surface area contributed by atoms with E-state index < -0.39 is 0 Å². The Hall–Kier alpha value is -2.54. The van der Waals surface area contributed by atoms with Crippen LogP contribution in [0.3, 0.4) is 0 Å². The van der Waals surface area contributed by atoms with E-state index in [4.69, 9.17) is 4.42 Å². The molecule has 0 radical (unpaired) electrons. The average Bonchev–Trinajstić information content (AvgIpc) is 2.94. The molecule has 0 saturated carbocycles. The van der Waals surface area contributed by atoms with Crippen molar-refractivity contribution in [3.8, 4) is 0 Å². The summed E-state index contributed by atoms with van der Waals surface area (Å²) >= 11 is 0. The Bertz CT molecular complexity index is 832. The van der Waals surface area contributed by atoms with Crippen molar-refractivity contribution in [1.82, 2.24) is 0 Å². The first-order valence-corrected chi connectivity index (χ1v) is 7.68. The molecule has 0 aliphatic rings. The van der Waals surface area contributed by atoms with Crippen LogP contribution in [0.1, 0.15) is 36.3 Å². The number of hydrogen-bond donors (Lipinski definition) is 0. The van der Waals surface area contributed by atoms with Crippen molar-refractivity contribution in [1.29, 1.82) is 0 Å². The number of fused-ring (bicyclic) bond motifs is 1. The fraction of sp³-hybridized carbons (Fsp3) is 0.143. The Kier molecular flexibility index (Phi) is 3.97. The largest absolute Gasteiger partial charge is 0.455 e. The van der Waals surface area contributed by atoms with Gasteiger partial charge in [0.05, 0.1) is 0 Å². The minimum atomic E-state index is 0.892. The fourth-order valence-electron chi connectivity index (χ4n) is 2.82. The number of aryl methyl sites for hydroxylation is 1. The molecule has 0 bridgehead atoms. The SMILES string of the molecule is C=Cc1c(/C(=C\C)c2ccc(CC)cc2)oc2ccccc12. The zero-order valence-corrected chi connectivity index (χ0v) is 13.1. The van der Waals surface area contributed by atoms with Crippen LogP contribution in [0, 0.1) is 0 Å².